The molecule has 0 unspecified atom stereocenters. The Kier molecular flexibility index (Phi) is 4.68. The van der Waals surface area contributed by atoms with E-state index in [1.165, 1.54) is 0 Å². The summed E-state index contributed by atoms with van der Waals surface area (Å²) in [5, 5.41) is 3.39. The van der Waals surface area contributed by atoms with Crippen LogP contribution in [0.25, 0.3) is 10.9 Å². The molecule has 0 saturated heterocycles. The molecule has 1 amide bonds. The molecular formula is C17H14ClN3O2. The molecule has 3 rings (SSSR count). The van der Waals surface area contributed by atoms with Crippen molar-refractivity contribution in [3.05, 3.63) is 66.0 Å². The lowest BCUT2D eigenvalue weighted by atomic mass is 10.2. The van der Waals surface area contributed by atoms with E-state index in [0.29, 0.717) is 11.6 Å². The Morgan fingerprint density at radius 3 is 2.57 bits per heavy atom. The number of nitrogens with one attached hydrogen (secondary N) is 1. The van der Waals surface area contributed by atoms with Crippen LogP contribution in [0, 0.1) is 0 Å². The monoisotopic (exact) mass is 327 g/mol. The van der Waals surface area contributed by atoms with Gasteiger partial charge >= 0.3 is 6.09 Å². The Balaban J connectivity index is 1.76. The topological polar surface area (TPSA) is 64.1 Å². The highest BCUT2D eigenvalue weighted by atomic mass is 35.5. The molecule has 3 aromatic rings. The number of rotatable bonds is 4. The fourth-order valence-corrected chi connectivity index (χ4v) is 2.26. The van der Waals surface area contributed by atoms with Crippen molar-refractivity contribution in [2.24, 2.45) is 0 Å². The number of aromatic nitrogens is 2. The molecule has 0 aliphatic carbocycles. The summed E-state index contributed by atoms with van der Waals surface area (Å²) in [5.41, 5.74) is 1.63. The number of carbonyl (C=O) groups excluding carboxylic acids is 1. The third kappa shape index (κ3) is 3.76. The maximum absolute atomic E-state index is 12.0. The van der Waals surface area contributed by atoms with Gasteiger partial charge < -0.3 is 4.74 Å². The minimum absolute atomic E-state index is 0.165. The summed E-state index contributed by atoms with van der Waals surface area (Å²) in [6.45, 7) is 0.193. The molecule has 0 fully saturated rings. The average molecular weight is 328 g/mol. The van der Waals surface area contributed by atoms with Crippen molar-refractivity contribution in [1.82, 2.24) is 9.97 Å². The van der Waals surface area contributed by atoms with Gasteiger partial charge in [-0.15, -0.1) is 11.6 Å². The number of hydrogen-bond donors (Lipinski definition) is 1. The van der Waals surface area contributed by atoms with Crippen molar-refractivity contribution < 1.29 is 9.53 Å². The van der Waals surface area contributed by atoms with Crippen molar-refractivity contribution in [1.29, 1.82) is 0 Å². The van der Waals surface area contributed by atoms with Gasteiger partial charge in [0.2, 0.25) is 0 Å². The first-order valence-electron chi connectivity index (χ1n) is 7.05. The summed E-state index contributed by atoms with van der Waals surface area (Å²) in [5.74, 6) is 1.01. The van der Waals surface area contributed by atoms with Gasteiger partial charge in [-0.3, -0.25) is 5.32 Å². The fourth-order valence-electron chi connectivity index (χ4n) is 2.14. The van der Waals surface area contributed by atoms with E-state index in [2.05, 4.69) is 15.3 Å². The molecular weight excluding hydrogens is 314 g/mol. The van der Waals surface area contributed by atoms with Crippen molar-refractivity contribution >= 4 is 34.4 Å². The van der Waals surface area contributed by atoms with Crippen LogP contribution in [-0.4, -0.2) is 16.1 Å². The number of benzene rings is 2. The van der Waals surface area contributed by atoms with E-state index in [9.17, 15) is 4.79 Å². The summed E-state index contributed by atoms with van der Waals surface area (Å²) in [6.07, 6.45) is -0.571. The first-order chi connectivity index (χ1) is 11.3. The van der Waals surface area contributed by atoms with Gasteiger partial charge in [0.15, 0.2) is 0 Å². The van der Waals surface area contributed by atoms with E-state index < -0.39 is 6.09 Å². The number of ether oxygens (including phenoxy) is 1. The van der Waals surface area contributed by atoms with Crippen LogP contribution in [0.2, 0.25) is 0 Å². The van der Waals surface area contributed by atoms with Crippen LogP contribution in [0.5, 0.6) is 0 Å². The Hall–Kier alpha value is -2.66. The maximum Gasteiger partial charge on any atom is 0.413 e. The molecule has 1 N–H and O–H groups in total. The molecule has 6 heteroatoms. The summed E-state index contributed by atoms with van der Waals surface area (Å²) in [4.78, 5) is 20.6. The lowest BCUT2D eigenvalue weighted by Gasteiger charge is -2.09. The normalized spacial score (nSPS) is 10.5. The van der Waals surface area contributed by atoms with Gasteiger partial charge in [-0.25, -0.2) is 14.8 Å². The Bertz CT molecular complexity index is 824. The van der Waals surface area contributed by atoms with E-state index in [1.807, 2.05) is 54.6 Å². The van der Waals surface area contributed by atoms with E-state index in [0.717, 1.165) is 16.5 Å². The minimum atomic E-state index is -0.571. The number of para-hydroxylation sites is 1. The number of carbonyl (C=O) groups is 1. The Labute approximate surface area is 138 Å². The molecule has 0 atom stereocenters. The SMILES string of the molecule is O=C(Nc1nc(CCl)nc2ccccc12)OCc1ccccc1. The van der Waals surface area contributed by atoms with Gasteiger partial charge in [0.1, 0.15) is 18.2 Å². The van der Waals surface area contributed by atoms with Crippen LogP contribution in [0.3, 0.4) is 0 Å². The summed E-state index contributed by atoms with van der Waals surface area (Å²) >= 11 is 5.81. The molecule has 0 bridgehead atoms. The standard InChI is InChI=1S/C17H14ClN3O2/c18-10-15-19-14-9-5-4-8-13(14)16(20-15)21-17(22)23-11-12-6-2-1-3-7-12/h1-9H,10-11H2,(H,19,20,21,22). The zero-order chi connectivity index (χ0) is 16.1. The molecule has 5 nitrogen and oxygen atoms in total. The molecule has 0 aliphatic rings. The number of fused-ring (bicyclic) bond motifs is 1. The van der Waals surface area contributed by atoms with Crippen LogP contribution in [0.1, 0.15) is 11.4 Å². The van der Waals surface area contributed by atoms with E-state index >= 15 is 0 Å². The molecule has 2 aromatic carbocycles. The van der Waals surface area contributed by atoms with Gasteiger partial charge in [-0.1, -0.05) is 42.5 Å². The molecule has 0 aliphatic heterocycles. The first kappa shape index (κ1) is 15.2. The van der Waals surface area contributed by atoms with Crippen molar-refractivity contribution in [3.8, 4) is 0 Å². The molecule has 116 valence electrons. The zero-order valence-electron chi connectivity index (χ0n) is 12.2. The van der Waals surface area contributed by atoms with Gasteiger partial charge in [-0.2, -0.15) is 0 Å². The van der Waals surface area contributed by atoms with Gasteiger partial charge in [0.05, 0.1) is 11.4 Å². The predicted molar refractivity (Wildman–Crippen MR) is 89.3 cm³/mol. The minimum Gasteiger partial charge on any atom is -0.444 e. The second-order valence-electron chi connectivity index (χ2n) is 4.83. The quantitative estimate of drug-likeness (QED) is 0.732. The number of nitrogens with zero attached hydrogens (tertiary/aromatic N) is 2. The van der Waals surface area contributed by atoms with Crippen LogP contribution in [-0.2, 0) is 17.2 Å². The number of alkyl halides is 1. The van der Waals surface area contributed by atoms with E-state index in [-0.39, 0.29) is 12.5 Å². The van der Waals surface area contributed by atoms with E-state index in [1.54, 1.807) is 0 Å². The molecule has 0 radical (unpaired) electrons. The zero-order valence-corrected chi connectivity index (χ0v) is 13.0. The Morgan fingerprint density at radius 1 is 1.04 bits per heavy atom. The van der Waals surface area contributed by atoms with Crippen LogP contribution < -0.4 is 5.32 Å². The molecule has 0 spiro atoms. The van der Waals surface area contributed by atoms with Crippen molar-refractivity contribution in [2.45, 2.75) is 12.5 Å². The number of halogens is 1. The summed E-state index contributed by atoms with van der Waals surface area (Å²) < 4.78 is 5.21. The molecule has 23 heavy (non-hydrogen) atoms. The summed E-state index contributed by atoms with van der Waals surface area (Å²) in [6, 6.07) is 16.9. The largest absolute Gasteiger partial charge is 0.444 e. The second-order valence-corrected chi connectivity index (χ2v) is 5.09. The highest BCUT2D eigenvalue weighted by molar-refractivity contribution is 6.16. The van der Waals surface area contributed by atoms with Crippen LogP contribution in [0.4, 0.5) is 10.6 Å². The maximum atomic E-state index is 12.0. The fraction of sp³-hybridized carbons (Fsp3) is 0.118. The molecule has 1 heterocycles. The third-order valence-electron chi connectivity index (χ3n) is 3.20. The number of amides is 1. The van der Waals surface area contributed by atoms with Crippen LogP contribution in [0.15, 0.2) is 54.6 Å². The van der Waals surface area contributed by atoms with Crippen LogP contribution >= 0.6 is 11.6 Å². The average Bonchev–Trinajstić information content (AvgIpc) is 2.60. The van der Waals surface area contributed by atoms with Gasteiger partial charge in [-0.05, 0) is 17.7 Å². The molecule has 1 aromatic heterocycles. The second kappa shape index (κ2) is 7.07. The highest BCUT2D eigenvalue weighted by Crippen LogP contribution is 2.21. The Morgan fingerprint density at radius 2 is 1.78 bits per heavy atom. The highest BCUT2D eigenvalue weighted by Gasteiger charge is 2.11. The predicted octanol–water partition coefficient (Wildman–Crippen LogP) is 4.12. The molecule has 0 saturated carbocycles. The van der Waals surface area contributed by atoms with Crippen molar-refractivity contribution in [2.75, 3.05) is 5.32 Å². The van der Waals surface area contributed by atoms with Gasteiger partial charge in [0, 0.05) is 5.39 Å². The number of hydrogen-bond acceptors (Lipinski definition) is 4. The lowest BCUT2D eigenvalue weighted by Crippen LogP contribution is -2.15. The van der Waals surface area contributed by atoms with Crippen molar-refractivity contribution in [3.63, 3.8) is 0 Å². The number of anilines is 1. The van der Waals surface area contributed by atoms with Gasteiger partial charge in [0.25, 0.3) is 0 Å². The van der Waals surface area contributed by atoms with E-state index in [4.69, 9.17) is 16.3 Å². The first-order valence-corrected chi connectivity index (χ1v) is 7.59. The third-order valence-corrected chi connectivity index (χ3v) is 3.44. The lowest BCUT2D eigenvalue weighted by molar-refractivity contribution is 0.155. The summed E-state index contributed by atoms with van der Waals surface area (Å²) in [7, 11) is 0. The smallest absolute Gasteiger partial charge is 0.413 e.